The largest absolute Gasteiger partial charge is 0.378 e. The summed E-state index contributed by atoms with van der Waals surface area (Å²) in [6, 6.07) is 9.87. The minimum atomic E-state index is -0.00469. The zero-order valence-electron chi connectivity index (χ0n) is 14.9. The van der Waals surface area contributed by atoms with Gasteiger partial charge in [0.2, 0.25) is 11.7 Å². The second kappa shape index (κ2) is 7.80. The molecule has 1 atom stereocenters. The van der Waals surface area contributed by atoms with Crippen LogP contribution in [0.2, 0.25) is 0 Å². The van der Waals surface area contributed by atoms with E-state index >= 15 is 0 Å². The number of hydrogen-bond donors (Lipinski definition) is 0. The van der Waals surface area contributed by atoms with Gasteiger partial charge in [-0.25, -0.2) is 0 Å². The van der Waals surface area contributed by atoms with Gasteiger partial charge in [0.15, 0.2) is 0 Å². The monoisotopic (exact) mass is 353 g/mol. The molecule has 1 aromatic carbocycles. The van der Waals surface area contributed by atoms with Crippen molar-refractivity contribution in [3.8, 4) is 11.4 Å². The van der Waals surface area contributed by atoms with Crippen molar-refractivity contribution in [2.24, 2.45) is 0 Å². The molecule has 0 saturated carbocycles. The highest BCUT2D eigenvalue weighted by atomic mass is 16.5. The maximum Gasteiger partial charge on any atom is 0.246 e. The van der Waals surface area contributed by atoms with Gasteiger partial charge in [-0.05, 0) is 18.9 Å². The summed E-state index contributed by atoms with van der Waals surface area (Å²) in [7, 11) is 0. The first-order valence-electron chi connectivity index (χ1n) is 9.05. The van der Waals surface area contributed by atoms with Crippen LogP contribution < -0.4 is 0 Å². The number of aromatic nitrogens is 4. The van der Waals surface area contributed by atoms with Gasteiger partial charge in [0, 0.05) is 31.4 Å². The van der Waals surface area contributed by atoms with Gasteiger partial charge in [0.25, 0.3) is 0 Å². The lowest BCUT2D eigenvalue weighted by atomic mass is 10.1. The maximum absolute atomic E-state index is 5.67. The number of rotatable bonds is 6. The fourth-order valence-electron chi connectivity index (χ4n) is 3.19. The second-order valence-corrected chi connectivity index (χ2v) is 6.40. The van der Waals surface area contributed by atoms with Crippen LogP contribution in [-0.2, 0) is 17.7 Å². The van der Waals surface area contributed by atoms with E-state index in [4.69, 9.17) is 9.26 Å². The molecule has 0 aliphatic carbocycles. The molecule has 2 aromatic heterocycles. The summed E-state index contributed by atoms with van der Waals surface area (Å²) in [4.78, 5) is 6.97. The number of nitrogens with zero attached hydrogens (tertiary/aromatic N) is 5. The molecule has 1 unspecified atom stereocenters. The normalized spacial score (nSPS) is 18.3. The highest BCUT2D eigenvalue weighted by Gasteiger charge is 2.29. The van der Waals surface area contributed by atoms with Gasteiger partial charge in [-0.2, -0.15) is 10.1 Å². The summed E-state index contributed by atoms with van der Waals surface area (Å²) in [6.07, 6.45) is 4.99. The van der Waals surface area contributed by atoms with E-state index in [1.165, 1.54) is 5.56 Å². The molecule has 26 heavy (non-hydrogen) atoms. The third-order valence-electron chi connectivity index (χ3n) is 4.70. The van der Waals surface area contributed by atoms with E-state index in [-0.39, 0.29) is 6.04 Å². The van der Waals surface area contributed by atoms with Gasteiger partial charge in [-0.3, -0.25) is 9.58 Å². The molecule has 4 rings (SSSR count). The molecule has 136 valence electrons. The quantitative estimate of drug-likeness (QED) is 0.678. The first kappa shape index (κ1) is 16.9. The minimum absolute atomic E-state index is 0.00469. The van der Waals surface area contributed by atoms with Crippen molar-refractivity contribution in [3.63, 3.8) is 0 Å². The third kappa shape index (κ3) is 3.68. The zero-order chi connectivity index (χ0) is 17.8. The van der Waals surface area contributed by atoms with Gasteiger partial charge in [0.05, 0.1) is 19.4 Å². The Hall–Kier alpha value is -2.51. The predicted molar refractivity (Wildman–Crippen MR) is 96.5 cm³/mol. The number of hydrogen-bond acceptors (Lipinski definition) is 6. The summed E-state index contributed by atoms with van der Waals surface area (Å²) in [5.74, 6) is 1.24. The Balaban J connectivity index is 1.46. The minimum Gasteiger partial charge on any atom is -0.378 e. The van der Waals surface area contributed by atoms with Crippen molar-refractivity contribution in [2.75, 3.05) is 26.3 Å². The van der Waals surface area contributed by atoms with Crippen LogP contribution in [0, 0.1) is 0 Å². The first-order valence-corrected chi connectivity index (χ1v) is 9.05. The summed E-state index contributed by atoms with van der Waals surface area (Å²) < 4.78 is 13.2. The Kier molecular flexibility index (Phi) is 5.08. The summed E-state index contributed by atoms with van der Waals surface area (Å²) in [5, 5.41) is 8.49. The van der Waals surface area contributed by atoms with Crippen LogP contribution in [0.3, 0.4) is 0 Å². The van der Waals surface area contributed by atoms with Crippen LogP contribution in [0.1, 0.15) is 24.4 Å². The highest BCUT2D eigenvalue weighted by Crippen LogP contribution is 2.25. The van der Waals surface area contributed by atoms with E-state index in [9.17, 15) is 0 Å². The van der Waals surface area contributed by atoms with Crippen molar-refractivity contribution >= 4 is 0 Å². The molecule has 0 N–H and O–H groups in total. The van der Waals surface area contributed by atoms with Crippen molar-refractivity contribution in [1.82, 2.24) is 24.8 Å². The molecule has 0 bridgehead atoms. The molecule has 7 heteroatoms. The van der Waals surface area contributed by atoms with Crippen molar-refractivity contribution < 1.29 is 9.26 Å². The standard InChI is InChI=1S/C19H23N5O2/c1-2-24-13-15(12-20-24)8-9-23-10-11-25-14-17(23)19-21-18(22-26-19)16-6-4-3-5-7-16/h3-7,12-13,17H,2,8-11,14H2,1H3. The maximum atomic E-state index is 5.67. The molecule has 1 fully saturated rings. The predicted octanol–water partition coefficient (Wildman–Crippen LogP) is 2.57. The Bertz CT molecular complexity index is 829. The SMILES string of the molecule is CCn1cc(CCN2CCOCC2c2nc(-c3ccccc3)no2)cn1. The molecule has 7 nitrogen and oxygen atoms in total. The van der Waals surface area contributed by atoms with E-state index < -0.39 is 0 Å². The number of benzene rings is 1. The van der Waals surface area contributed by atoms with Crippen molar-refractivity contribution in [2.45, 2.75) is 25.9 Å². The van der Waals surface area contributed by atoms with Crippen LogP contribution >= 0.6 is 0 Å². The van der Waals surface area contributed by atoms with Crippen LogP contribution in [0.4, 0.5) is 0 Å². The highest BCUT2D eigenvalue weighted by molar-refractivity contribution is 5.53. The number of aryl methyl sites for hydroxylation is 1. The van der Waals surface area contributed by atoms with Crippen LogP contribution in [0.15, 0.2) is 47.2 Å². The average Bonchev–Trinajstić information content (AvgIpc) is 3.37. The van der Waals surface area contributed by atoms with Crippen LogP contribution in [0.5, 0.6) is 0 Å². The molecule has 1 aliphatic heterocycles. The number of ether oxygens (including phenoxy) is 1. The van der Waals surface area contributed by atoms with Crippen LogP contribution in [0.25, 0.3) is 11.4 Å². The molecule has 3 heterocycles. The van der Waals surface area contributed by atoms with Gasteiger partial charge >= 0.3 is 0 Å². The molecule has 1 saturated heterocycles. The fraction of sp³-hybridized carbons (Fsp3) is 0.421. The Labute approximate surface area is 152 Å². The van der Waals surface area contributed by atoms with Gasteiger partial charge in [0.1, 0.15) is 6.04 Å². The van der Waals surface area contributed by atoms with Crippen molar-refractivity contribution in [1.29, 1.82) is 0 Å². The first-order chi connectivity index (χ1) is 12.8. The van der Waals surface area contributed by atoms with E-state index in [1.807, 2.05) is 41.2 Å². The Morgan fingerprint density at radius 1 is 1.23 bits per heavy atom. The molecular formula is C19H23N5O2. The lowest BCUT2D eigenvalue weighted by Crippen LogP contribution is -2.40. The zero-order valence-corrected chi connectivity index (χ0v) is 14.9. The number of morpholine rings is 1. The average molecular weight is 353 g/mol. The van der Waals surface area contributed by atoms with Gasteiger partial charge < -0.3 is 9.26 Å². The molecule has 0 spiro atoms. The molecule has 1 aliphatic rings. The Morgan fingerprint density at radius 2 is 2.12 bits per heavy atom. The fourth-order valence-corrected chi connectivity index (χ4v) is 3.19. The van der Waals surface area contributed by atoms with E-state index in [0.717, 1.165) is 38.2 Å². The van der Waals surface area contributed by atoms with Crippen molar-refractivity contribution in [3.05, 3.63) is 54.2 Å². The third-order valence-corrected chi connectivity index (χ3v) is 4.70. The summed E-state index contributed by atoms with van der Waals surface area (Å²) in [6.45, 7) is 6.05. The van der Waals surface area contributed by atoms with E-state index in [0.29, 0.717) is 18.3 Å². The summed E-state index contributed by atoms with van der Waals surface area (Å²) >= 11 is 0. The molecule has 3 aromatic rings. The molecule has 0 amide bonds. The van der Waals surface area contributed by atoms with Crippen LogP contribution in [-0.4, -0.2) is 51.1 Å². The van der Waals surface area contributed by atoms with E-state index in [2.05, 4.69) is 33.3 Å². The van der Waals surface area contributed by atoms with Gasteiger partial charge in [-0.15, -0.1) is 0 Å². The van der Waals surface area contributed by atoms with Gasteiger partial charge in [-0.1, -0.05) is 35.5 Å². The topological polar surface area (TPSA) is 69.2 Å². The Morgan fingerprint density at radius 3 is 2.92 bits per heavy atom. The molecular weight excluding hydrogens is 330 g/mol. The summed E-state index contributed by atoms with van der Waals surface area (Å²) in [5.41, 5.74) is 2.20. The lowest BCUT2D eigenvalue weighted by Gasteiger charge is -2.33. The lowest BCUT2D eigenvalue weighted by molar-refractivity contribution is -0.0193. The smallest absolute Gasteiger partial charge is 0.246 e. The van der Waals surface area contributed by atoms with E-state index in [1.54, 1.807) is 0 Å². The molecule has 0 radical (unpaired) electrons. The second-order valence-electron chi connectivity index (χ2n) is 6.40.